The van der Waals surface area contributed by atoms with Crippen LogP contribution in [0.5, 0.6) is 11.5 Å². The molecule has 9 heteroatoms. The average molecular weight is 467 g/mol. The molecule has 29 heavy (non-hydrogen) atoms. The van der Waals surface area contributed by atoms with Gasteiger partial charge in [0.15, 0.2) is 11.5 Å². The molecule has 152 valence electrons. The van der Waals surface area contributed by atoms with E-state index in [0.29, 0.717) is 37.2 Å². The minimum absolute atomic E-state index is 0.0620. The topological polar surface area (TPSA) is 67.9 Å². The van der Waals surface area contributed by atoms with Gasteiger partial charge in [0.1, 0.15) is 0 Å². The second-order valence-corrected chi connectivity index (χ2v) is 7.81. The predicted octanol–water partition coefficient (Wildman–Crippen LogP) is 4.26. The molecule has 2 aromatic rings. The van der Waals surface area contributed by atoms with Crippen LogP contribution in [0.4, 0.5) is 14.5 Å². The number of ether oxygens (including phenoxy) is 2. The predicted molar refractivity (Wildman–Crippen MR) is 104 cm³/mol. The lowest BCUT2D eigenvalue weighted by molar-refractivity contribution is -0.286. The van der Waals surface area contributed by atoms with Crippen molar-refractivity contribution in [2.45, 2.75) is 19.1 Å². The monoisotopic (exact) mass is 466 g/mol. The van der Waals surface area contributed by atoms with E-state index in [1.54, 1.807) is 17.0 Å². The Bertz CT molecular complexity index is 944. The number of nitrogens with one attached hydrogen (secondary N) is 1. The Hall–Kier alpha value is -2.68. The molecule has 0 atom stereocenters. The molecule has 0 aromatic heterocycles. The summed E-state index contributed by atoms with van der Waals surface area (Å²) in [6, 6.07) is 11.3. The summed E-state index contributed by atoms with van der Waals surface area (Å²) in [6.07, 6.45) is -2.65. The molecule has 0 bridgehead atoms. The minimum atomic E-state index is -3.70. The zero-order valence-electron chi connectivity index (χ0n) is 15.2. The van der Waals surface area contributed by atoms with Crippen molar-refractivity contribution in [3.05, 3.63) is 52.5 Å². The van der Waals surface area contributed by atoms with Gasteiger partial charge in [0, 0.05) is 40.8 Å². The van der Waals surface area contributed by atoms with Crippen LogP contribution >= 0.6 is 15.9 Å². The highest BCUT2D eigenvalue weighted by Gasteiger charge is 2.43. The molecule has 1 N–H and O–H groups in total. The molecular formula is C20H17BrF2N2O4. The molecule has 0 spiro atoms. The van der Waals surface area contributed by atoms with Crippen molar-refractivity contribution in [2.24, 2.45) is 5.92 Å². The highest BCUT2D eigenvalue weighted by molar-refractivity contribution is 9.10. The number of fused-ring (bicyclic) bond motifs is 1. The van der Waals surface area contributed by atoms with E-state index in [9.17, 15) is 18.4 Å². The van der Waals surface area contributed by atoms with Gasteiger partial charge >= 0.3 is 6.29 Å². The van der Waals surface area contributed by atoms with Gasteiger partial charge in [-0.2, -0.15) is 0 Å². The minimum Gasteiger partial charge on any atom is -0.395 e. The summed E-state index contributed by atoms with van der Waals surface area (Å²) >= 11 is 3.34. The standard InChI is InChI=1S/C20H17BrF2N2O4/c21-14-3-1-13(2-4-14)19(27)25-9-7-12(8-10-25)18(26)24-15-5-6-16-17(11-15)29-20(22,23)28-16/h1-6,11-12H,7-10H2,(H,24,26). The van der Waals surface area contributed by atoms with Crippen molar-refractivity contribution < 1.29 is 27.8 Å². The van der Waals surface area contributed by atoms with Gasteiger partial charge in [-0.3, -0.25) is 9.59 Å². The fourth-order valence-corrected chi connectivity index (χ4v) is 3.66. The highest BCUT2D eigenvalue weighted by atomic mass is 79.9. The van der Waals surface area contributed by atoms with Crippen LogP contribution in [0.1, 0.15) is 23.2 Å². The van der Waals surface area contributed by atoms with Crippen LogP contribution in [0, 0.1) is 5.92 Å². The van der Waals surface area contributed by atoms with Crippen molar-refractivity contribution >= 4 is 33.4 Å². The molecule has 0 unspecified atom stereocenters. The normalized spacial score (nSPS) is 17.8. The van der Waals surface area contributed by atoms with Crippen molar-refractivity contribution in [1.29, 1.82) is 0 Å². The fraction of sp³-hybridized carbons (Fsp3) is 0.300. The molecule has 0 radical (unpaired) electrons. The van der Waals surface area contributed by atoms with Crippen LogP contribution in [-0.4, -0.2) is 36.1 Å². The van der Waals surface area contributed by atoms with E-state index in [4.69, 9.17) is 0 Å². The van der Waals surface area contributed by atoms with E-state index >= 15 is 0 Å². The zero-order valence-corrected chi connectivity index (χ0v) is 16.7. The number of hydrogen-bond donors (Lipinski definition) is 1. The van der Waals surface area contributed by atoms with E-state index in [1.807, 2.05) is 12.1 Å². The molecular weight excluding hydrogens is 450 g/mol. The third kappa shape index (κ3) is 4.34. The lowest BCUT2D eigenvalue weighted by Crippen LogP contribution is -2.41. The first-order valence-corrected chi connectivity index (χ1v) is 9.86. The number of hydrogen-bond acceptors (Lipinski definition) is 4. The van der Waals surface area contributed by atoms with Gasteiger partial charge in [-0.05, 0) is 49.2 Å². The average Bonchev–Trinajstić information content (AvgIpc) is 3.01. The third-order valence-electron chi connectivity index (χ3n) is 4.91. The van der Waals surface area contributed by atoms with Crippen molar-refractivity contribution in [1.82, 2.24) is 4.90 Å². The van der Waals surface area contributed by atoms with Crippen molar-refractivity contribution in [3.8, 4) is 11.5 Å². The molecule has 2 aromatic carbocycles. The van der Waals surface area contributed by atoms with Gasteiger partial charge in [0.05, 0.1) is 0 Å². The Balaban J connectivity index is 1.33. The quantitative estimate of drug-likeness (QED) is 0.733. The number of piperidine rings is 1. The summed E-state index contributed by atoms with van der Waals surface area (Å²) in [5, 5.41) is 2.72. The number of halogens is 3. The number of benzene rings is 2. The van der Waals surface area contributed by atoms with E-state index < -0.39 is 6.29 Å². The van der Waals surface area contributed by atoms with Crippen LogP contribution in [0.3, 0.4) is 0 Å². The summed E-state index contributed by atoms with van der Waals surface area (Å²) in [6.45, 7) is 0.945. The largest absolute Gasteiger partial charge is 0.586 e. The summed E-state index contributed by atoms with van der Waals surface area (Å²) in [4.78, 5) is 26.8. The molecule has 2 aliphatic rings. The molecule has 1 fully saturated rings. The third-order valence-corrected chi connectivity index (χ3v) is 5.44. The highest BCUT2D eigenvalue weighted by Crippen LogP contribution is 2.42. The van der Waals surface area contributed by atoms with Gasteiger partial charge in [0.2, 0.25) is 5.91 Å². The zero-order chi connectivity index (χ0) is 20.6. The Labute approximate surface area is 173 Å². The first-order chi connectivity index (χ1) is 13.8. The number of rotatable bonds is 3. The molecule has 6 nitrogen and oxygen atoms in total. The molecule has 2 amide bonds. The summed E-state index contributed by atoms with van der Waals surface area (Å²) in [5.74, 6) is -0.745. The summed E-state index contributed by atoms with van der Waals surface area (Å²) in [7, 11) is 0. The molecule has 1 saturated heterocycles. The number of anilines is 1. The van der Waals surface area contributed by atoms with Crippen LogP contribution in [0.15, 0.2) is 46.9 Å². The van der Waals surface area contributed by atoms with Gasteiger partial charge in [-0.1, -0.05) is 15.9 Å². The van der Waals surface area contributed by atoms with Gasteiger partial charge < -0.3 is 19.7 Å². The first kappa shape index (κ1) is 19.6. The van der Waals surface area contributed by atoms with E-state index in [-0.39, 0.29) is 29.2 Å². The van der Waals surface area contributed by atoms with E-state index in [0.717, 1.165) is 4.47 Å². The maximum atomic E-state index is 13.1. The number of amides is 2. The van der Waals surface area contributed by atoms with Gasteiger partial charge in [0.25, 0.3) is 5.91 Å². The molecule has 2 aliphatic heterocycles. The maximum Gasteiger partial charge on any atom is 0.586 e. The maximum absolute atomic E-state index is 13.1. The smallest absolute Gasteiger partial charge is 0.395 e. The molecule has 4 rings (SSSR count). The Morgan fingerprint density at radius 2 is 1.69 bits per heavy atom. The molecule has 0 aliphatic carbocycles. The lowest BCUT2D eigenvalue weighted by atomic mass is 9.95. The van der Waals surface area contributed by atoms with Crippen molar-refractivity contribution in [3.63, 3.8) is 0 Å². The van der Waals surface area contributed by atoms with Gasteiger partial charge in [-0.25, -0.2) is 0 Å². The number of likely N-dealkylation sites (tertiary alicyclic amines) is 1. The van der Waals surface area contributed by atoms with Crippen LogP contribution in [-0.2, 0) is 4.79 Å². The van der Waals surface area contributed by atoms with E-state index in [1.165, 1.54) is 18.2 Å². The van der Waals surface area contributed by atoms with E-state index in [2.05, 4.69) is 30.7 Å². The Kier molecular flexibility index (Phi) is 5.16. The Morgan fingerprint density at radius 3 is 2.38 bits per heavy atom. The molecule has 2 heterocycles. The lowest BCUT2D eigenvalue weighted by Gasteiger charge is -2.31. The van der Waals surface area contributed by atoms with Crippen molar-refractivity contribution in [2.75, 3.05) is 18.4 Å². The second-order valence-electron chi connectivity index (χ2n) is 6.89. The summed E-state index contributed by atoms with van der Waals surface area (Å²) < 4.78 is 35.8. The number of carbonyl (C=O) groups is 2. The Morgan fingerprint density at radius 1 is 1.03 bits per heavy atom. The number of carbonyl (C=O) groups excluding carboxylic acids is 2. The fourth-order valence-electron chi connectivity index (χ4n) is 3.39. The van der Waals surface area contributed by atoms with Crippen LogP contribution in [0.25, 0.3) is 0 Å². The summed E-state index contributed by atoms with van der Waals surface area (Å²) in [5.41, 5.74) is 0.955. The van der Waals surface area contributed by atoms with Crippen LogP contribution in [0.2, 0.25) is 0 Å². The van der Waals surface area contributed by atoms with Crippen LogP contribution < -0.4 is 14.8 Å². The van der Waals surface area contributed by atoms with Gasteiger partial charge in [-0.15, -0.1) is 8.78 Å². The number of nitrogens with zero attached hydrogens (tertiary/aromatic N) is 1. The first-order valence-electron chi connectivity index (χ1n) is 9.06. The second kappa shape index (κ2) is 7.62. The SMILES string of the molecule is O=C(Nc1ccc2c(c1)OC(F)(F)O2)C1CCN(C(=O)c2ccc(Br)cc2)CC1. The molecule has 0 saturated carbocycles. The number of alkyl halides is 2.